The molecule has 4 heteroatoms. The molecule has 0 fully saturated rings. The van der Waals surface area contributed by atoms with Gasteiger partial charge in [-0.3, -0.25) is 4.48 Å². The SMILES string of the molecule is CCCCCCCCCCCCCCCC[N+](C)(C)C[NH3+].[Br-].[Br-]. The van der Waals surface area contributed by atoms with Crippen molar-refractivity contribution in [1.82, 2.24) is 0 Å². The molecule has 0 saturated carbocycles. The molecule has 23 heavy (non-hydrogen) atoms. The Balaban J connectivity index is -0.00000200. The van der Waals surface area contributed by atoms with Gasteiger partial charge < -0.3 is 39.7 Å². The van der Waals surface area contributed by atoms with Gasteiger partial charge in [-0.1, -0.05) is 84.0 Å². The fourth-order valence-corrected chi connectivity index (χ4v) is 2.85. The summed E-state index contributed by atoms with van der Waals surface area (Å²) in [7, 11) is 4.57. The minimum Gasteiger partial charge on any atom is -1.00 e. The number of hydrogen-bond acceptors (Lipinski definition) is 0. The van der Waals surface area contributed by atoms with Gasteiger partial charge >= 0.3 is 0 Å². The van der Waals surface area contributed by atoms with Crippen LogP contribution in [0, 0.1) is 0 Å². The Morgan fingerprint density at radius 2 is 0.870 bits per heavy atom. The maximum atomic E-state index is 4.01. The third-order valence-corrected chi connectivity index (χ3v) is 4.72. The van der Waals surface area contributed by atoms with E-state index in [0.717, 1.165) is 11.2 Å². The highest BCUT2D eigenvalue weighted by molar-refractivity contribution is 4.49. The normalized spacial score (nSPS) is 11.0. The summed E-state index contributed by atoms with van der Waals surface area (Å²) < 4.78 is 1.08. The molecular weight excluding hydrogens is 416 g/mol. The average Bonchev–Trinajstić information content (AvgIpc) is 2.47. The Hall–Kier alpha value is 0.880. The maximum absolute atomic E-state index is 4.01. The Kier molecular flexibility index (Phi) is 26.1. The van der Waals surface area contributed by atoms with E-state index in [9.17, 15) is 0 Å². The van der Waals surface area contributed by atoms with Crippen molar-refractivity contribution in [2.24, 2.45) is 0 Å². The van der Waals surface area contributed by atoms with Crippen LogP contribution in [0.1, 0.15) is 96.8 Å². The number of nitrogens with zero attached hydrogens (tertiary/aromatic N) is 1. The number of halogens is 2. The highest BCUT2D eigenvalue weighted by atomic mass is 79.9. The highest BCUT2D eigenvalue weighted by Gasteiger charge is 2.12. The number of rotatable bonds is 16. The van der Waals surface area contributed by atoms with E-state index in [1.165, 1.54) is 96.4 Å². The third-order valence-electron chi connectivity index (χ3n) is 4.72. The summed E-state index contributed by atoms with van der Waals surface area (Å²) in [5.41, 5.74) is 4.01. The molecule has 0 heterocycles. The molecule has 0 unspecified atom stereocenters. The quantitative estimate of drug-likeness (QED) is 0.170. The van der Waals surface area contributed by atoms with Crippen molar-refractivity contribution in [2.45, 2.75) is 96.8 Å². The van der Waals surface area contributed by atoms with E-state index < -0.39 is 0 Å². The van der Waals surface area contributed by atoms with E-state index in [1.54, 1.807) is 0 Å². The second kappa shape index (κ2) is 20.9. The van der Waals surface area contributed by atoms with Gasteiger partial charge in [-0.05, 0) is 12.8 Å². The van der Waals surface area contributed by atoms with Gasteiger partial charge in [0.2, 0.25) is 6.67 Å². The van der Waals surface area contributed by atoms with E-state index in [1.807, 2.05) is 0 Å². The molecule has 0 rings (SSSR count). The lowest BCUT2D eigenvalue weighted by Gasteiger charge is -2.25. The molecule has 0 bridgehead atoms. The van der Waals surface area contributed by atoms with Crippen molar-refractivity contribution < 1.29 is 44.2 Å². The van der Waals surface area contributed by atoms with Crippen molar-refractivity contribution in [3.63, 3.8) is 0 Å². The van der Waals surface area contributed by atoms with Crippen molar-refractivity contribution in [1.29, 1.82) is 0 Å². The van der Waals surface area contributed by atoms with Crippen LogP contribution >= 0.6 is 0 Å². The molecule has 0 aromatic carbocycles. The van der Waals surface area contributed by atoms with Crippen LogP contribution in [0.15, 0.2) is 0 Å². The number of hydrogen-bond donors (Lipinski definition) is 1. The van der Waals surface area contributed by atoms with E-state index in [2.05, 4.69) is 26.8 Å². The standard InChI is InChI=1S/C19H43N2.2BrH/c1-4-5-6-7-8-9-10-11-12-13-14-15-16-17-18-21(2,3)19-20;;/h4-20H2,1-3H3;2*1H/q+1;;/p-1. The smallest absolute Gasteiger partial charge is 0.202 e. The first kappa shape index (κ1) is 28.7. The Morgan fingerprint density at radius 3 is 1.17 bits per heavy atom. The number of unbranched alkanes of at least 4 members (excludes halogenated alkanes) is 13. The minimum absolute atomic E-state index is 0. The molecule has 0 amide bonds. The van der Waals surface area contributed by atoms with Crippen molar-refractivity contribution in [3.8, 4) is 0 Å². The van der Waals surface area contributed by atoms with Crippen LogP contribution in [0.3, 0.4) is 0 Å². The van der Waals surface area contributed by atoms with Crippen LogP contribution in [0.4, 0.5) is 0 Å². The predicted molar refractivity (Wildman–Crippen MR) is 95.0 cm³/mol. The number of quaternary nitrogens is 2. The first-order valence-electron chi connectivity index (χ1n) is 9.73. The molecule has 0 radical (unpaired) electrons. The molecule has 0 aliphatic rings. The summed E-state index contributed by atoms with van der Waals surface area (Å²) in [6.45, 7) is 4.60. The molecule has 0 atom stereocenters. The molecule has 0 saturated heterocycles. The van der Waals surface area contributed by atoms with Gasteiger partial charge in [0, 0.05) is 0 Å². The third kappa shape index (κ3) is 22.9. The van der Waals surface area contributed by atoms with E-state index >= 15 is 0 Å². The average molecular weight is 460 g/mol. The summed E-state index contributed by atoms with van der Waals surface area (Å²) in [6, 6.07) is 0. The lowest BCUT2D eigenvalue weighted by atomic mass is 10.0. The van der Waals surface area contributed by atoms with Crippen molar-refractivity contribution in [3.05, 3.63) is 0 Å². The predicted octanol–water partition coefficient (Wildman–Crippen LogP) is -1.25. The van der Waals surface area contributed by atoms with Crippen LogP contribution in [-0.4, -0.2) is 31.8 Å². The van der Waals surface area contributed by atoms with Crippen LogP contribution in [0.2, 0.25) is 0 Å². The lowest BCUT2D eigenvalue weighted by Crippen LogP contribution is -3.00. The molecule has 3 N–H and O–H groups in total. The van der Waals surface area contributed by atoms with Crippen LogP contribution in [0.25, 0.3) is 0 Å². The topological polar surface area (TPSA) is 27.6 Å². The van der Waals surface area contributed by atoms with Crippen LogP contribution in [-0.2, 0) is 0 Å². The van der Waals surface area contributed by atoms with Crippen molar-refractivity contribution in [2.75, 3.05) is 27.3 Å². The molecule has 0 aliphatic heterocycles. The summed E-state index contributed by atoms with van der Waals surface area (Å²) in [5, 5.41) is 0. The molecule has 2 nitrogen and oxygen atoms in total. The molecule has 0 aromatic heterocycles. The summed E-state index contributed by atoms with van der Waals surface area (Å²) in [4.78, 5) is 0. The second-order valence-corrected chi connectivity index (χ2v) is 7.48. The second-order valence-electron chi connectivity index (χ2n) is 7.48. The van der Waals surface area contributed by atoms with Crippen LogP contribution in [0.5, 0.6) is 0 Å². The zero-order valence-corrected chi connectivity index (χ0v) is 19.4. The van der Waals surface area contributed by atoms with Gasteiger partial charge in [-0.15, -0.1) is 0 Å². The molecular formula is C19H44Br2N2. The Bertz CT molecular complexity index is 212. The summed E-state index contributed by atoms with van der Waals surface area (Å²) in [6.07, 6.45) is 20.2. The largest absolute Gasteiger partial charge is 1.00 e. The van der Waals surface area contributed by atoms with Crippen LogP contribution < -0.4 is 39.7 Å². The van der Waals surface area contributed by atoms with Gasteiger partial charge in [0.25, 0.3) is 0 Å². The first-order valence-corrected chi connectivity index (χ1v) is 9.73. The zero-order chi connectivity index (χ0) is 15.8. The van der Waals surface area contributed by atoms with Crippen molar-refractivity contribution >= 4 is 0 Å². The lowest BCUT2D eigenvalue weighted by molar-refractivity contribution is -0.951. The zero-order valence-electron chi connectivity index (χ0n) is 16.2. The van der Waals surface area contributed by atoms with Gasteiger partial charge in [0.15, 0.2) is 0 Å². The highest BCUT2D eigenvalue weighted by Crippen LogP contribution is 2.13. The fourth-order valence-electron chi connectivity index (χ4n) is 2.85. The van der Waals surface area contributed by atoms with Gasteiger partial charge in [-0.2, -0.15) is 0 Å². The van der Waals surface area contributed by atoms with Gasteiger partial charge in [0.1, 0.15) is 0 Å². The molecule has 0 aromatic rings. The molecule has 0 spiro atoms. The fraction of sp³-hybridized carbons (Fsp3) is 1.00. The maximum Gasteiger partial charge on any atom is 0.202 e. The van der Waals surface area contributed by atoms with Gasteiger partial charge in [0.05, 0.1) is 20.6 Å². The summed E-state index contributed by atoms with van der Waals surface area (Å²) >= 11 is 0. The Morgan fingerprint density at radius 1 is 0.565 bits per heavy atom. The molecule has 144 valence electrons. The first-order chi connectivity index (χ1) is 10.1. The van der Waals surface area contributed by atoms with Gasteiger partial charge in [-0.25, -0.2) is 0 Å². The minimum atomic E-state index is 0. The Labute approximate surface area is 168 Å². The monoisotopic (exact) mass is 458 g/mol. The molecule has 0 aliphatic carbocycles. The van der Waals surface area contributed by atoms with E-state index in [4.69, 9.17) is 0 Å². The summed E-state index contributed by atoms with van der Waals surface area (Å²) in [5.74, 6) is 0. The van der Waals surface area contributed by atoms with E-state index in [0.29, 0.717) is 0 Å². The van der Waals surface area contributed by atoms with E-state index in [-0.39, 0.29) is 34.0 Å².